The minimum absolute atomic E-state index is 0.0671. The molecule has 1 unspecified atom stereocenters. The van der Waals surface area contributed by atoms with Gasteiger partial charge in [-0.05, 0) is 31.2 Å². The van der Waals surface area contributed by atoms with E-state index in [-0.39, 0.29) is 24.9 Å². The Kier molecular flexibility index (Phi) is 8.64. The van der Waals surface area contributed by atoms with Gasteiger partial charge in [0, 0.05) is 17.2 Å². The van der Waals surface area contributed by atoms with E-state index >= 15 is 0 Å². The maximum atomic E-state index is 12.1. The molecule has 0 radical (unpaired) electrons. The van der Waals surface area contributed by atoms with Crippen LogP contribution in [0.2, 0.25) is 5.02 Å². The fourth-order valence-electron chi connectivity index (χ4n) is 2.42. The maximum Gasteiger partial charge on any atom is 0.279 e. The Morgan fingerprint density at radius 1 is 1.04 bits per heavy atom. The number of quaternary nitrogens is 1. The number of hydrogen-bond acceptors (Lipinski definition) is 3. The smallest absolute Gasteiger partial charge is 0.279 e. The van der Waals surface area contributed by atoms with Crippen molar-refractivity contribution in [1.29, 1.82) is 0 Å². The highest BCUT2D eigenvalue weighted by Crippen LogP contribution is 2.20. The van der Waals surface area contributed by atoms with E-state index < -0.39 is 0 Å². The van der Waals surface area contributed by atoms with Gasteiger partial charge in [-0.3, -0.25) is 9.59 Å². The van der Waals surface area contributed by atoms with Gasteiger partial charge in [0.1, 0.15) is 0 Å². The van der Waals surface area contributed by atoms with E-state index in [9.17, 15) is 9.59 Å². The number of hydrogen-bond donors (Lipinski definition) is 3. The molecule has 5 nitrogen and oxygen atoms in total. The van der Waals surface area contributed by atoms with Crippen LogP contribution in [0, 0.1) is 6.92 Å². The van der Waals surface area contributed by atoms with Crippen molar-refractivity contribution in [2.24, 2.45) is 0 Å². The summed E-state index contributed by atoms with van der Waals surface area (Å²) in [6.07, 6.45) is 0. The van der Waals surface area contributed by atoms with Crippen LogP contribution in [0.1, 0.15) is 5.56 Å². The zero-order chi connectivity index (χ0) is 19.6. The number of para-hydroxylation sites is 1. The summed E-state index contributed by atoms with van der Waals surface area (Å²) in [7, 11) is 1.81. The Bertz CT molecular complexity index is 768. The van der Waals surface area contributed by atoms with Gasteiger partial charge in [0.25, 0.3) is 11.8 Å². The first-order chi connectivity index (χ1) is 12.9. The molecule has 0 fully saturated rings. The first kappa shape index (κ1) is 21.3. The van der Waals surface area contributed by atoms with E-state index in [0.29, 0.717) is 17.3 Å². The van der Waals surface area contributed by atoms with Crippen molar-refractivity contribution in [3.8, 4) is 0 Å². The molecular formula is C20H25ClN3O2S+. The minimum Gasteiger partial charge on any atom is -0.350 e. The lowest BCUT2D eigenvalue weighted by atomic mass is 10.2. The lowest BCUT2D eigenvalue weighted by Crippen LogP contribution is -3.11. The van der Waals surface area contributed by atoms with Crippen molar-refractivity contribution in [3.63, 3.8) is 0 Å². The summed E-state index contributed by atoms with van der Waals surface area (Å²) in [5.41, 5.74) is 1.81. The predicted octanol–water partition coefficient (Wildman–Crippen LogP) is 2.01. The lowest BCUT2D eigenvalue weighted by molar-refractivity contribution is -0.862. The predicted molar refractivity (Wildman–Crippen MR) is 112 cm³/mol. The van der Waals surface area contributed by atoms with Crippen LogP contribution < -0.4 is 15.5 Å². The molecule has 0 aliphatic heterocycles. The Morgan fingerprint density at radius 2 is 1.70 bits per heavy atom. The van der Waals surface area contributed by atoms with E-state index in [0.717, 1.165) is 10.7 Å². The molecule has 2 rings (SSSR count). The Hall–Kier alpha value is -2.02. The summed E-state index contributed by atoms with van der Waals surface area (Å²) in [6, 6.07) is 15.4. The van der Waals surface area contributed by atoms with Crippen LogP contribution in [-0.2, 0) is 9.59 Å². The largest absolute Gasteiger partial charge is 0.350 e. The number of carbonyl (C=O) groups is 2. The van der Waals surface area contributed by atoms with Crippen LogP contribution >= 0.6 is 23.4 Å². The molecule has 2 aromatic carbocycles. The van der Waals surface area contributed by atoms with Crippen molar-refractivity contribution in [2.45, 2.75) is 11.8 Å². The summed E-state index contributed by atoms with van der Waals surface area (Å²) < 4.78 is 0. The zero-order valence-corrected chi connectivity index (χ0v) is 17.1. The molecule has 3 N–H and O–H groups in total. The van der Waals surface area contributed by atoms with Crippen molar-refractivity contribution in [2.75, 3.05) is 37.8 Å². The molecule has 2 amide bonds. The van der Waals surface area contributed by atoms with Gasteiger partial charge in [0.2, 0.25) is 0 Å². The minimum atomic E-state index is -0.177. The molecule has 0 aliphatic carbocycles. The maximum absolute atomic E-state index is 12.1. The van der Waals surface area contributed by atoms with E-state index in [1.54, 1.807) is 36.0 Å². The number of likely N-dealkylation sites (N-methyl/N-ethyl adjacent to an activating group) is 1. The van der Waals surface area contributed by atoms with Gasteiger partial charge >= 0.3 is 0 Å². The van der Waals surface area contributed by atoms with Crippen molar-refractivity contribution >= 4 is 40.9 Å². The van der Waals surface area contributed by atoms with E-state index in [1.165, 1.54) is 10.5 Å². The third-order valence-corrected chi connectivity index (χ3v) is 5.13. The molecule has 144 valence electrons. The van der Waals surface area contributed by atoms with E-state index in [1.807, 2.05) is 7.05 Å². The highest BCUT2D eigenvalue weighted by Gasteiger charge is 2.14. The molecule has 2 aromatic rings. The third-order valence-electron chi connectivity index (χ3n) is 3.79. The Balaban J connectivity index is 1.63. The first-order valence-electron chi connectivity index (χ1n) is 8.76. The molecule has 0 aromatic heterocycles. The lowest BCUT2D eigenvalue weighted by Gasteiger charge is -2.14. The van der Waals surface area contributed by atoms with Gasteiger partial charge < -0.3 is 15.5 Å². The van der Waals surface area contributed by atoms with Crippen molar-refractivity contribution < 1.29 is 14.5 Å². The molecule has 0 saturated heterocycles. The van der Waals surface area contributed by atoms with E-state index in [4.69, 9.17) is 11.6 Å². The second-order valence-corrected chi connectivity index (χ2v) is 7.93. The number of halogens is 1. The molecule has 7 heteroatoms. The Morgan fingerprint density at radius 3 is 2.41 bits per heavy atom. The molecule has 0 aliphatic rings. The number of thioether (sulfide) groups is 1. The summed E-state index contributed by atoms with van der Waals surface area (Å²) in [6.45, 7) is 3.08. The molecule has 1 atom stereocenters. The van der Waals surface area contributed by atoms with E-state index in [2.05, 4.69) is 41.8 Å². The summed E-state index contributed by atoms with van der Waals surface area (Å²) in [4.78, 5) is 26.1. The standard InChI is InChI=1S/C20H24ClN3O2S/c1-15-7-9-16(10-8-15)27-12-11-22-19(25)13-24(2)14-20(26)23-18-6-4-3-5-17(18)21/h3-10H,11-14H2,1-2H3,(H,22,25)(H,23,26)/p+1. The highest BCUT2D eigenvalue weighted by atomic mass is 35.5. The molecule has 0 saturated carbocycles. The second-order valence-electron chi connectivity index (χ2n) is 6.35. The van der Waals surface area contributed by atoms with Gasteiger partial charge in [-0.25, -0.2) is 0 Å². The summed E-state index contributed by atoms with van der Waals surface area (Å²) in [5.74, 6) is 0.562. The van der Waals surface area contributed by atoms with Crippen molar-refractivity contribution in [1.82, 2.24) is 5.32 Å². The number of benzene rings is 2. The monoisotopic (exact) mass is 406 g/mol. The van der Waals surface area contributed by atoms with Crippen molar-refractivity contribution in [3.05, 3.63) is 59.1 Å². The number of carbonyl (C=O) groups excluding carboxylic acids is 2. The molecule has 0 bridgehead atoms. The Labute approximate surface area is 169 Å². The number of nitrogens with one attached hydrogen (secondary N) is 3. The fourth-order valence-corrected chi connectivity index (χ4v) is 3.38. The molecule has 0 heterocycles. The van der Waals surface area contributed by atoms with Gasteiger partial charge in [0.05, 0.1) is 17.8 Å². The number of anilines is 1. The topological polar surface area (TPSA) is 62.6 Å². The van der Waals surface area contributed by atoms with Crippen LogP contribution in [-0.4, -0.2) is 44.2 Å². The SMILES string of the molecule is Cc1ccc(SCCNC(=O)C[NH+](C)CC(=O)Nc2ccccc2Cl)cc1. The van der Waals surface area contributed by atoms with Crippen LogP contribution in [0.3, 0.4) is 0 Å². The summed E-state index contributed by atoms with van der Waals surface area (Å²) in [5, 5.41) is 6.15. The van der Waals surface area contributed by atoms with Crippen LogP contribution in [0.5, 0.6) is 0 Å². The van der Waals surface area contributed by atoms with Crippen LogP contribution in [0.25, 0.3) is 0 Å². The third kappa shape index (κ3) is 8.03. The molecular weight excluding hydrogens is 382 g/mol. The average Bonchev–Trinajstić information content (AvgIpc) is 2.62. The van der Waals surface area contributed by atoms with Crippen LogP contribution in [0.15, 0.2) is 53.4 Å². The summed E-state index contributed by atoms with van der Waals surface area (Å²) >= 11 is 7.73. The quantitative estimate of drug-likeness (QED) is 0.441. The first-order valence-corrected chi connectivity index (χ1v) is 10.1. The fraction of sp³-hybridized carbons (Fsp3) is 0.300. The normalized spacial score (nSPS) is 11.7. The van der Waals surface area contributed by atoms with Gasteiger partial charge in [-0.2, -0.15) is 0 Å². The van der Waals surface area contributed by atoms with Gasteiger partial charge in [0.15, 0.2) is 13.1 Å². The zero-order valence-electron chi connectivity index (χ0n) is 15.5. The molecule has 27 heavy (non-hydrogen) atoms. The van der Waals surface area contributed by atoms with Crippen LogP contribution in [0.4, 0.5) is 5.69 Å². The molecule has 0 spiro atoms. The second kappa shape index (κ2) is 11.0. The number of aryl methyl sites for hydroxylation is 1. The highest BCUT2D eigenvalue weighted by molar-refractivity contribution is 7.99. The van der Waals surface area contributed by atoms with Gasteiger partial charge in [-0.15, -0.1) is 11.8 Å². The van der Waals surface area contributed by atoms with Gasteiger partial charge in [-0.1, -0.05) is 41.4 Å². The number of amides is 2. The number of rotatable bonds is 9. The average molecular weight is 407 g/mol.